The third-order valence-electron chi connectivity index (χ3n) is 3.06. The van der Waals surface area contributed by atoms with E-state index in [2.05, 4.69) is 20.3 Å². The van der Waals surface area contributed by atoms with Gasteiger partial charge >= 0.3 is 0 Å². The summed E-state index contributed by atoms with van der Waals surface area (Å²) in [5.41, 5.74) is 0. The Bertz CT molecular complexity index is 625. The first-order valence-corrected chi connectivity index (χ1v) is 8.47. The Kier molecular flexibility index (Phi) is 5.02. The van der Waals surface area contributed by atoms with Gasteiger partial charge in [-0.3, -0.25) is 4.79 Å². The summed E-state index contributed by atoms with van der Waals surface area (Å²) < 4.78 is 27.1. The standard InChI is InChI=1S/C12H17ClN4O3S/c1-2-14-12-10(13)5-9(7-16-12)21(19,20)17-8-3-4-11(18)15-6-8/h5,7-8,17H,2-4,6H2,1H3,(H,14,16)(H,15,18). The Morgan fingerprint density at radius 3 is 2.86 bits per heavy atom. The number of hydrogen-bond donors (Lipinski definition) is 3. The van der Waals surface area contributed by atoms with Crippen LogP contribution in [0, 0.1) is 0 Å². The second kappa shape index (κ2) is 6.59. The quantitative estimate of drug-likeness (QED) is 0.738. The molecule has 0 bridgehead atoms. The van der Waals surface area contributed by atoms with Crippen LogP contribution in [0.5, 0.6) is 0 Å². The topological polar surface area (TPSA) is 100 Å². The SMILES string of the molecule is CCNc1ncc(S(=O)(=O)NC2CCC(=O)NC2)cc1Cl. The summed E-state index contributed by atoms with van der Waals surface area (Å²) in [4.78, 5) is 15.1. The van der Waals surface area contributed by atoms with Crippen LogP contribution in [0.3, 0.4) is 0 Å². The lowest BCUT2D eigenvalue weighted by Gasteiger charge is -2.23. The number of carbonyl (C=O) groups excluding carboxylic acids is 1. The molecule has 21 heavy (non-hydrogen) atoms. The molecule has 1 aliphatic rings. The Balaban J connectivity index is 2.12. The minimum absolute atomic E-state index is 0.00560. The van der Waals surface area contributed by atoms with Gasteiger partial charge in [0.1, 0.15) is 10.7 Å². The van der Waals surface area contributed by atoms with Gasteiger partial charge in [-0.1, -0.05) is 11.6 Å². The predicted octanol–water partition coefficient (Wildman–Crippen LogP) is 0.724. The highest BCUT2D eigenvalue weighted by molar-refractivity contribution is 7.89. The average molecular weight is 333 g/mol. The van der Waals surface area contributed by atoms with E-state index in [1.807, 2.05) is 6.92 Å². The van der Waals surface area contributed by atoms with Crippen LogP contribution in [-0.2, 0) is 14.8 Å². The highest BCUT2D eigenvalue weighted by Crippen LogP contribution is 2.22. The van der Waals surface area contributed by atoms with E-state index in [-0.39, 0.29) is 28.4 Å². The lowest BCUT2D eigenvalue weighted by Crippen LogP contribution is -2.47. The van der Waals surface area contributed by atoms with E-state index in [9.17, 15) is 13.2 Å². The molecule has 0 spiro atoms. The molecule has 2 rings (SSSR count). The number of nitrogens with one attached hydrogen (secondary N) is 3. The van der Waals surface area contributed by atoms with Crippen molar-refractivity contribution in [1.82, 2.24) is 15.0 Å². The lowest BCUT2D eigenvalue weighted by molar-refractivity contribution is -0.122. The third kappa shape index (κ3) is 4.05. The van der Waals surface area contributed by atoms with Gasteiger partial charge in [-0.05, 0) is 19.4 Å². The fraction of sp³-hybridized carbons (Fsp3) is 0.500. The van der Waals surface area contributed by atoms with Gasteiger partial charge < -0.3 is 10.6 Å². The van der Waals surface area contributed by atoms with E-state index < -0.39 is 10.0 Å². The van der Waals surface area contributed by atoms with Crippen LogP contribution >= 0.6 is 11.6 Å². The third-order valence-corrected chi connectivity index (χ3v) is 4.83. The summed E-state index contributed by atoms with van der Waals surface area (Å²) >= 11 is 6.00. The minimum Gasteiger partial charge on any atom is -0.369 e. The van der Waals surface area contributed by atoms with Crippen molar-refractivity contribution in [3.05, 3.63) is 17.3 Å². The molecule has 0 aliphatic carbocycles. The zero-order valence-electron chi connectivity index (χ0n) is 11.5. The van der Waals surface area contributed by atoms with Gasteiger partial charge in [0.15, 0.2) is 0 Å². The molecular weight excluding hydrogens is 316 g/mol. The fourth-order valence-corrected chi connectivity index (χ4v) is 3.52. The molecule has 1 unspecified atom stereocenters. The summed E-state index contributed by atoms with van der Waals surface area (Å²) in [6.45, 7) is 2.81. The second-order valence-corrected chi connectivity index (χ2v) is 6.81. The number of piperidine rings is 1. The maximum Gasteiger partial charge on any atom is 0.242 e. The Labute approximate surface area is 128 Å². The Morgan fingerprint density at radius 2 is 2.29 bits per heavy atom. The summed E-state index contributed by atoms with van der Waals surface area (Å²) in [5.74, 6) is 0.383. The van der Waals surface area contributed by atoms with Crippen LogP contribution in [0.2, 0.25) is 5.02 Å². The van der Waals surface area contributed by atoms with Gasteiger partial charge in [-0.25, -0.2) is 18.1 Å². The number of halogens is 1. The Hall–Kier alpha value is -1.38. The van der Waals surface area contributed by atoms with Crippen LogP contribution in [0.15, 0.2) is 17.2 Å². The van der Waals surface area contributed by atoms with Crippen LogP contribution < -0.4 is 15.4 Å². The molecule has 0 saturated carbocycles. The number of pyridine rings is 1. The fourth-order valence-electron chi connectivity index (χ4n) is 1.99. The van der Waals surface area contributed by atoms with E-state index in [1.165, 1.54) is 12.3 Å². The van der Waals surface area contributed by atoms with E-state index >= 15 is 0 Å². The summed E-state index contributed by atoms with van der Waals surface area (Å²) in [6.07, 6.45) is 2.04. The average Bonchev–Trinajstić information content (AvgIpc) is 2.43. The van der Waals surface area contributed by atoms with Crippen molar-refractivity contribution < 1.29 is 13.2 Å². The molecule has 0 aromatic carbocycles. The number of sulfonamides is 1. The highest BCUT2D eigenvalue weighted by atomic mass is 35.5. The number of rotatable bonds is 5. The number of anilines is 1. The second-order valence-electron chi connectivity index (χ2n) is 4.69. The van der Waals surface area contributed by atoms with Crippen molar-refractivity contribution in [2.24, 2.45) is 0 Å². The van der Waals surface area contributed by atoms with Gasteiger partial charge in [0.2, 0.25) is 15.9 Å². The van der Waals surface area contributed by atoms with Crippen molar-refractivity contribution in [1.29, 1.82) is 0 Å². The summed E-state index contributed by atoms with van der Waals surface area (Å²) in [6, 6.07) is 1.04. The first-order valence-electron chi connectivity index (χ1n) is 6.61. The van der Waals surface area contributed by atoms with Crippen molar-refractivity contribution in [2.45, 2.75) is 30.7 Å². The van der Waals surface area contributed by atoms with Gasteiger partial charge in [-0.15, -0.1) is 0 Å². The monoisotopic (exact) mass is 332 g/mol. The molecular formula is C12H17ClN4O3S. The van der Waals surface area contributed by atoms with E-state index in [4.69, 9.17) is 11.6 Å². The molecule has 1 aliphatic heterocycles. The number of hydrogen-bond acceptors (Lipinski definition) is 5. The van der Waals surface area contributed by atoms with Gasteiger partial charge in [0.05, 0.1) is 5.02 Å². The number of carbonyl (C=O) groups is 1. The molecule has 1 fully saturated rings. The largest absolute Gasteiger partial charge is 0.369 e. The zero-order valence-corrected chi connectivity index (χ0v) is 13.1. The molecule has 9 heteroatoms. The molecule has 2 heterocycles. The predicted molar refractivity (Wildman–Crippen MR) is 79.8 cm³/mol. The first-order chi connectivity index (χ1) is 9.92. The van der Waals surface area contributed by atoms with Gasteiger partial charge in [0.25, 0.3) is 0 Å². The normalized spacial score (nSPS) is 19.1. The van der Waals surface area contributed by atoms with Crippen LogP contribution in [0.1, 0.15) is 19.8 Å². The summed E-state index contributed by atoms with van der Waals surface area (Å²) in [7, 11) is -3.71. The van der Waals surface area contributed by atoms with Crippen molar-refractivity contribution >= 4 is 33.3 Å². The van der Waals surface area contributed by atoms with Crippen LogP contribution in [-0.4, -0.2) is 38.4 Å². The van der Waals surface area contributed by atoms with Gasteiger partial charge in [0, 0.05) is 31.7 Å². The molecule has 1 amide bonds. The number of amides is 1. The van der Waals surface area contributed by atoms with Crippen LogP contribution in [0.4, 0.5) is 5.82 Å². The Morgan fingerprint density at radius 1 is 1.52 bits per heavy atom. The maximum atomic E-state index is 12.3. The molecule has 1 aromatic rings. The summed E-state index contributed by atoms with van der Waals surface area (Å²) in [5, 5.41) is 5.81. The minimum atomic E-state index is -3.71. The highest BCUT2D eigenvalue weighted by Gasteiger charge is 2.24. The molecule has 1 aromatic heterocycles. The number of nitrogens with zero attached hydrogens (tertiary/aromatic N) is 1. The van der Waals surface area contributed by atoms with Crippen LogP contribution in [0.25, 0.3) is 0 Å². The zero-order chi connectivity index (χ0) is 15.5. The molecule has 1 saturated heterocycles. The first kappa shape index (κ1) is 16.0. The van der Waals surface area contributed by atoms with Crippen molar-refractivity contribution in [2.75, 3.05) is 18.4 Å². The smallest absolute Gasteiger partial charge is 0.242 e. The molecule has 1 atom stereocenters. The van der Waals surface area contributed by atoms with E-state index in [0.717, 1.165) is 0 Å². The maximum absolute atomic E-state index is 12.3. The molecule has 116 valence electrons. The lowest BCUT2D eigenvalue weighted by atomic mass is 10.1. The van der Waals surface area contributed by atoms with Gasteiger partial charge in [-0.2, -0.15) is 0 Å². The number of aromatic nitrogens is 1. The van der Waals surface area contributed by atoms with Crippen molar-refractivity contribution in [3.8, 4) is 0 Å². The van der Waals surface area contributed by atoms with Crippen molar-refractivity contribution in [3.63, 3.8) is 0 Å². The molecule has 0 radical (unpaired) electrons. The molecule has 3 N–H and O–H groups in total. The van der Waals surface area contributed by atoms with E-state index in [1.54, 1.807) is 0 Å². The molecule has 7 nitrogen and oxygen atoms in total. The van der Waals surface area contributed by atoms with E-state index in [0.29, 0.717) is 25.2 Å².